The molecular weight excluding hydrogens is 303 g/mol. The average Bonchev–Trinajstić information content (AvgIpc) is 2.46. The van der Waals surface area contributed by atoms with Gasteiger partial charge in [-0.15, -0.1) is 0 Å². The minimum Gasteiger partial charge on any atom is -0.207 e. The molecule has 0 nitrogen and oxygen atoms in total. The van der Waals surface area contributed by atoms with Crippen LogP contribution in [0.2, 0.25) is 0 Å². The Morgan fingerprint density at radius 2 is 1.32 bits per heavy atom. The van der Waals surface area contributed by atoms with Crippen LogP contribution in [0.4, 0.5) is 4.39 Å². The largest absolute Gasteiger partial charge is 0.207 e. The smallest absolute Gasteiger partial charge is 0.123 e. The molecule has 0 N–H and O–H groups in total. The van der Waals surface area contributed by atoms with Crippen molar-refractivity contribution in [1.82, 2.24) is 0 Å². The number of alkyl halides is 1. The third-order valence-electron chi connectivity index (χ3n) is 3.57. The molecule has 2 rings (SSSR count). The summed E-state index contributed by atoms with van der Waals surface area (Å²) in [6.07, 6.45) is 1.15. The van der Waals surface area contributed by atoms with Crippen LogP contribution in [0.5, 0.6) is 0 Å². The summed E-state index contributed by atoms with van der Waals surface area (Å²) >= 11 is 3.67. The molecule has 0 aliphatic rings. The van der Waals surface area contributed by atoms with Crippen LogP contribution in [0.1, 0.15) is 47.7 Å². The Morgan fingerprint density at radius 3 is 1.79 bits per heavy atom. The lowest BCUT2D eigenvalue weighted by molar-refractivity contribution is 0.627. The Kier molecular flexibility index (Phi) is 4.76. The summed E-state index contributed by atoms with van der Waals surface area (Å²) < 4.78 is 12.9. The van der Waals surface area contributed by atoms with Crippen LogP contribution in [-0.4, -0.2) is 0 Å². The molecule has 0 saturated heterocycles. The zero-order chi connectivity index (χ0) is 13.8. The molecule has 0 heterocycles. The Morgan fingerprint density at radius 1 is 0.895 bits per heavy atom. The van der Waals surface area contributed by atoms with Gasteiger partial charge in [0.1, 0.15) is 5.82 Å². The van der Waals surface area contributed by atoms with Crippen molar-refractivity contribution < 1.29 is 4.39 Å². The zero-order valence-corrected chi connectivity index (χ0v) is 12.8. The Hall–Kier alpha value is -1.15. The average molecular weight is 321 g/mol. The van der Waals surface area contributed by atoms with Crippen molar-refractivity contribution in [2.45, 2.75) is 31.0 Å². The molecule has 0 amide bonds. The highest BCUT2D eigenvalue weighted by molar-refractivity contribution is 9.09. The molecule has 0 aliphatic carbocycles. The maximum atomic E-state index is 12.9. The highest BCUT2D eigenvalue weighted by atomic mass is 79.9. The van der Waals surface area contributed by atoms with Crippen molar-refractivity contribution in [1.29, 1.82) is 0 Å². The molecule has 0 radical (unpaired) electrons. The summed E-state index contributed by atoms with van der Waals surface area (Å²) in [4.78, 5) is 0.110. The third kappa shape index (κ3) is 3.44. The summed E-state index contributed by atoms with van der Waals surface area (Å²) in [6, 6.07) is 15.3. The molecule has 100 valence electrons. The van der Waals surface area contributed by atoms with Crippen LogP contribution < -0.4 is 0 Å². The van der Waals surface area contributed by atoms with Crippen molar-refractivity contribution >= 4 is 15.9 Å². The second-order valence-corrected chi connectivity index (χ2v) is 5.81. The van der Waals surface area contributed by atoms with Gasteiger partial charge in [-0.25, -0.2) is 4.39 Å². The van der Waals surface area contributed by atoms with E-state index in [0.717, 1.165) is 12.0 Å². The summed E-state index contributed by atoms with van der Waals surface area (Å²) in [6.45, 7) is 4.44. The normalized spacial score (nSPS) is 14.1. The Bertz CT molecular complexity index is 516. The number of halogens is 2. The van der Waals surface area contributed by atoms with E-state index in [1.165, 1.54) is 23.3 Å². The minimum absolute atomic E-state index is 0.110. The van der Waals surface area contributed by atoms with Crippen molar-refractivity contribution in [2.24, 2.45) is 0 Å². The molecule has 0 aliphatic heterocycles. The van der Waals surface area contributed by atoms with Gasteiger partial charge in [0.15, 0.2) is 0 Å². The standard InChI is InChI=1S/C17H18BrF/c1-3-12(2)13-4-6-14(7-5-13)17(18)15-8-10-16(19)11-9-15/h4-12,17H,3H2,1-2H3. The first-order valence-corrected chi connectivity index (χ1v) is 7.52. The lowest BCUT2D eigenvalue weighted by Gasteiger charge is -2.13. The number of hydrogen-bond donors (Lipinski definition) is 0. The van der Waals surface area contributed by atoms with Crippen molar-refractivity contribution in [3.8, 4) is 0 Å². The first kappa shape index (κ1) is 14.3. The molecule has 0 saturated carbocycles. The van der Waals surface area contributed by atoms with Gasteiger partial charge in [-0.1, -0.05) is 66.2 Å². The van der Waals surface area contributed by atoms with Crippen molar-refractivity contribution in [2.75, 3.05) is 0 Å². The maximum Gasteiger partial charge on any atom is 0.123 e. The van der Waals surface area contributed by atoms with E-state index in [0.29, 0.717) is 5.92 Å². The third-order valence-corrected chi connectivity index (χ3v) is 4.63. The highest BCUT2D eigenvalue weighted by Gasteiger charge is 2.11. The van der Waals surface area contributed by atoms with Gasteiger partial charge in [-0.2, -0.15) is 0 Å². The summed E-state index contributed by atoms with van der Waals surface area (Å²) in [5.41, 5.74) is 3.63. The Balaban J connectivity index is 2.19. The Labute approximate surface area is 122 Å². The van der Waals surface area contributed by atoms with E-state index in [-0.39, 0.29) is 10.6 Å². The SMILES string of the molecule is CCC(C)c1ccc(C(Br)c2ccc(F)cc2)cc1. The topological polar surface area (TPSA) is 0 Å². The number of benzene rings is 2. The predicted octanol–water partition coefficient (Wildman–Crippen LogP) is 5.82. The minimum atomic E-state index is -0.199. The van der Waals surface area contributed by atoms with E-state index in [1.54, 1.807) is 0 Å². The van der Waals surface area contributed by atoms with E-state index in [4.69, 9.17) is 0 Å². The van der Waals surface area contributed by atoms with Crippen LogP contribution in [-0.2, 0) is 0 Å². The van der Waals surface area contributed by atoms with Gasteiger partial charge in [0, 0.05) is 0 Å². The monoisotopic (exact) mass is 320 g/mol. The van der Waals surface area contributed by atoms with E-state index in [1.807, 2.05) is 12.1 Å². The van der Waals surface area contributed by atoms with Crippen LogP contribution in [0.25, 0.3) is 0 Å². The van der Waals surface area contributed by atoms with Crippen LogP contribution in [0, 0.1) is 5.82 Å². The lowest BCUT2D eigenvalue weighted by Crippen LogP contribution is -1.95. The van der Waals surface area contributed by atoms with E-state index < -0.39 is 0 Å². The summed E-state index contributed by atoms with van der Waals surface area (Å²) in [7, 11) is 0. The molecule has 0 bridgehead atoms. The van der Waals surface area contributed by atoms with Crippen molar-refractivity contribution in [3.05, 3.63) is 71.0 Å². The molecule has 2 aromatic carbocycles. The fourth-order valence-corrected chi connectivity index (χ4v) is 2.66. The number of hydrogen-bond acceptors (Lipinski definition) is 0. The molecule has 2 atom stereocenters. The highest BCUT2D eigenvalue weighted by Crippen LogP contribution is 2.31. The second kappa shape index (κ2) is 6.33. The maximum absolute atomic E-state index is 12.9. The fraction of sp³-hybridized carbons (Fsp3) is 0.294. The quantitative estimate of drug-likeness (QED) is 0.622. The zero-order valence-electron chi connectivity index (χ0n) is 11.2. The predicted molar refractivity (Wildman–Crippen MR) is 82.3 cm³/mol. The molecule has 2 unspecified atom stereocenters. The van der Waals surface area contributed by atoms with Gasteiger partial charge in [0.25, 0.3) is 0 Å². The van der Waals surface area contributed by atoms with Gasteiger partial charge in [-0.05, 0) is 41.2 Å². The van der Waals surface area contributed by atoms with Gasteiger partial charge >= 0.3 is 0 Å². The van der Waals surface area contributed by atoms with Gasteiger partial charge < -0.3 is 0 Å². The van der Waals surface area contributed by atoms with E-state index in [2.05, 4.69) is 54.0 Å². The van der Waals surface area contributed by atoms with Crippen LogP contribution in [0.3, 0.4) is 0 Å². The van der Waals surface area contributed by atoms with E-state index >= 15 is 0 Å². The first-order chi connectivity index (χ1) is 9.11. The lowest BCUT2D eigenvalue weighted by atomic mass is 9.96. The van der Waals surface area contributed by atoms with Crippen LogP contribution in [0.15, 0.2) is 48.5 Å². The molecule has 19 heavy (non-hydrogen) atoms. The second-order valence-electron chi connectivity index (χ2n) is 4.89. The van der Waals surface area contributed by atoms with Crippen molar-refractivity contribution in [3.63, 3.8) is 0 Å². The van der Waals surface area contributed by atoms with E-state index in [9.17, 15) is 4.39 Å². The molecular formula is C17H18BrF. The molecule has 2 heteroatoms. The number of rotatable bonds is 4. The molecule has 0 spiro atoms. The van der Waals surface area contributed by atoms with Gasteiger partial charge in [-0.3, -0.25) is 0 Å². The first-order valence-electron chi connectivity index (χ1n) is 6.61. The molecule has 0 fully saturated rings. The fourth-order valence-electron chi connectivity index (χ4n) is 2.05. The molecule has 0 aromatic heterocycles. The summed E-state index contributed by atoms with van der Waals surface area (Å²) in [5, 5.41) is 0. The van der Waals surface area contributed by atoms with Crippen LogP contribution >= 0.6 is 15.9 Å². The summed E-state index contributed by atoms with van der Waals surface area (Å²) in [5.74, 6) is 0.393. The molecule has 2 aromatic rings. The van der Waals surface area contributed by atoms with Gasteiger partial charge in [0.05, 0.1) is 4.83 Å². The van der Waals surface area contributed by atoms with Gasteiger partial charge in [0.2, 0.25) is 0 Å².